The standard InChI is InChI=1S/C14H8BrClF4/c15-10-4-1-8(2-5-10)13(16)9-3-6-12(17)11(7-9)14(18,19)20/h1-7,13H. The molecule has 2 aromatic carbocycles. The van der Waals surface area contributed by atoms with Gasteiger partial charge in [-0.1, -0.05) is 34.1 Å². The Hall–Kier alpha value is -1.07. The molecule has 0 aliphatic rings. The number of rotatable bonds is 2. The minimum atomic E-state index is -4.74. The second kappa shape index (κ2) is 5.74. The van der Waals surface area contributed by atoms with Crippen LogP contribution in [0.5, 0.6) is 0 Å². The summed E-state index contributed by atoms with van der Waals surface area (Å²) in [5, 5.41) is -0.773. The molecule has 0 aliphatic carbocycles. The van der Waals surface area contributed by atoms with Gasteiger partial charge >= 0.3 is 6.18 Å². The average Bonchev–Trinajstić information content (AvgIpc) is 2.38. The zero-order valence-corrected chi connectivity index (χ0v) is 12.2. The van der Waals surface area contributed by atoms with Gasteiger partial charge in [0.1, 0.15) is 5.82 Å². The second-order valence-corrected chi connectivity index (χ2v) is 5.50. The summed E-state index contributed by atoms with van der Waals surface area (Å²) in [6.45, 7) is 0. The third kappa shape index (κ3) is 3.33. The van der Waals surface area contributed by atoms with Crippen LogP contribution in [0.4, 0.5) is 17.6 Å². The van der Waals surface area contributed by atoms with Gasteiger partial charge < -0.3 is 0 Å². The molecule has 20 heavy (non-hydrogen) atoms. The summed E-state index contributed by atoms with van der Waals surface area (Å²) < 4.78 is 52.0. The smallest absolute Gasteiger partial charge is 0.206 e. The molecule has 1 atom stereocenters. The first-order valence-corrected chi connectivity index (χ1v) is 6.78. The molecule has 2 rings (SSSR count). The van der Waals surface area contributed by atoms with E-state index in [1.807, 2.05) is 0 Å². The predicted molar refractivity (Wildman–Crippen MR) is 73.2 cm³/mol. The molecular formula is C14H8BrClF4. The molecule has 0 saturated carbocycles. The summed E-state index contributed by atoms with van der Waals surface area (Å²) in [5.74, 6) is -1.30. The zero-order chi connectivity index (χ0) is 14.9. The molecule has 0 amide bonds. The topological polar surface area (TPSA) is 0 Å². The van der Waals surface area contributed by atoms with Crippen molar-refractivity contribution in [3.63, 3.8) is 0 Å². The molecule has 6 heteroatoms. The lowest BCUT2D eigenvalue weighted by atomic mass is 10.0. The SMILES string of the molecule is Fc1ccc(C(Cl)c2ccc(Br)cc2)cc1C(F)(F)F. The van der Waals surface area contributed by atoms with Crippen molar-refractivity contribution in [2.24, 2.45) is 0 Å². The Bertz CT molecular complexity index is 608. The Kier molecular flexibility index (Phi) is 4.39. The van der Waals surface area contributed by atoms with Crippen molar-refractivity contribution in [2.45, 2.75) is 11.6 Å². The van der Waals surface area contributed by atoms with E-state index in [0.717, 1.165) is 16.6 Å². The van der Waals surface area contributed by atoms with E-state index in [2.05, 4.69) is 15.9 Å². The van der Waals surface area contributed by atoms with Crippen LogP contribution in [0.25, 0.3) is 0 Å². The maximum absolute atomic E-state index is 13.2. The van der Waals surface area contributed by atoms with Crippen molar-refractivity contribution in [2.75, 3.05) is 0 Å². The van der Waals surface area contributed by atoms with Crippen LogP contribution in [0, 0.1) is 5.82 Å². The van der Waals surface area contributed by atoms with Crippen LogP contribution in [0.1, 0.15) is 22.1 Å². The quantitative estimate of drug-likeness (QED) is 0.455. The summed E-state index contributed by atoms with van der Waals surface area (Å²) in [5.41, 5.74) is -0.477. The summed E-state index contributed by atoms with van der Waals surface area (Å²) in [6, 6.07) is 9.64. The first kappa shape index (κ1) is 15.3. The normalized spacial score (nSPS) is 13.3. The summed E-state index contributed by atoms with van der Waals surface area (Å²) >= 11 is 9.41. The Balaban J connectivity index is 2.40. The summed E-state index contributed by atoms with van der Waals surface area (Å²) in [7, 11) is 0. The molecule has 0 N–H and O–H groups in total. The van der Waals surface area contributed by atoms with Crippen LogP contribution in [0.2, 0.25) is 0 Å². The predicted octanol–water partition coefficient (Wildman–Crippen LogP) is 5.94. The number of hydrogen-bond acceptors (Lipinski definition) is 0. The van der Waals surface area contributed by atoms with Crippen LogP contribution < -0.4 is 0 Å². The molecule has 0 saturated heterocycles. The monoisotopic (exact) mass is 366 g/mol. The van der Waals surface area contributed by atoms with Gasteiger partial charge in [-0.2, -0.15) is 13.2 Å². The van der Waals surface area contributed by atoms with Crippen LogP contribution in [-0.4, -0.2) is 0 Å². The van der Waals surface area contributed by atoms with Crippen LogP contribution >= 0.6 is 27.5 Å². The van der Waals surface area contributed by atoms with E-state index < -0.39 is 22.9 Å². The molecular weight excluding hydrogens is 360 g/mol. The lowest BCUT2D eigenvalue weighted by Gasteiger charge is -2.14. The highest BCUT2D eigenvalue weighted by molar-refractivity contribution is 9.10. The van der Waals surface area contributed by atoms with Crippen molar-refractivity contribution in [3.05, 3.63) is 69.4 Å². The number of halogens is 6. The Morgan fingerprint density at radius 3 is 2.05 bits per heavy atom. The van der Waals surface area contributed by atoms with E-state index in [1.54, 1.807) is 24.3 Å². The minimum Gasteiger partial charge on any atom is -0.206 e. The molecule has 106 valence electrons. The van der Waals surface area contributed by atoms with Gasteiger partial charge in [0.25, 0.3) is 0 Å². The fraction of sp³-hybridized carbons (Fsp3) is 0.143. The van der Waals surface area contributed by atoms with Gasteiger partial charge in [-0.05, 0) is 35.4 Å². The largest absolute Gasteiger partial charge is 0.419 e. The molecule has 0 fully saturated rings. The Morgan fingerprint density at radius 1 is 0.950 bits per heavy atom. The zero-order valence-electron chi connectivity index (χ0n) is 9.89. The van der Waals surface area contributed by atoms with Crippen LogP contribution in [0.15, 0.2) is 46.9 Å². The fourth-order valence-corrected chi connectivity index (χ4v) is 2.29. The molecule has 1 unspecified atom stereocenters. The highest BCUT2D eigenvalue weighted by Gasteiger charge is 2.34. The fourth-order valence-electron chi connectivity index (χ4n) is 1.74. The summed E-state index contributed by atoms with van der Waals surface area (Å²) in [6.07, 6.45) is -4.74. The van der Waals surface area contributed by atoms with Gasteiger partial charge in [0.05, 0.1) is 10.9 Å². The average molecular weight is 368 g/mol. The first-order valence-electron chi connectivity index (χ1n) is 5.55. The van der Waals surface area contributed by atoms with Crippen molar-refractivity contribution in [1.82, 2.24) is 0 Å². The van der Waals surface area contributed by atoms with Gasteiger partial charge in [-0.25, -0.2) is 4.39 Å². The molecule has 0 radical (unpaired) electrons. The van der Waals surface area contributed by atoms with E-state index in [0.29, 0.717) is 5.56 Å². The molecule has 0 bridgehead atoms. The van der Waals surface area contributed by atoms with E-state index in [-0.39, 0.29) is 5.56 Å². The van der Waals surface area contributed by atoms with Crippen molar-refractivity contribution < 1.29 is 17.6 Å². The van der Waals surface area contributed by atoms with Crippen molar-refractivity contribution in [1.29, 1.82) is 0 Å². The van der Waals surface area contributed by atoms with Crippen molar-refractivity contribution >= 4 is 27.5 Å². The second-order valence-electron chi connectivity index (χ2n) is 4.15. The van der Waals surface area contributed by atoms with Gasteiger partial charge in [0, 0.05) is 4.47 Å². The third-order valence-corrected chi connectivity index (χ3v) is 3.78. The number of alkyl halides is 4. The van der Waals surface area contributed by atoms with E-state index >= 15 is 0 Å². The number of benzene rings is 2. The molecule has 2 aromatic rings. The molecule has 0 aromatic heterocycles. The van der Waals surface area contributed by atoms with Crippen LogP contribution in [0.3, 0.4) is 0 Å². The van der Waals surface area contributed by atoms with E-state index in [4.69, 9.17) is 11.6 Å². The Morgan fingerprint density at radius 2 is 1.50 bits per heavy atom. The molecule has 0 spiro atoms. The highest BCUT2D eigenvalue weighted by atomic mass is 79.9. The van der Waals surface area contributed by atoms with Crippen LogP contribution in [-0.2, 0) is 6.18 Å². The molecule has 0 nitrogen and oxygen atoms in total. The molecule has 0 aliphatic heterocycles. The van der Waals surface area contributed by atoms with E-state index in [1.165, 1.54) is 6.07 Å². The van der Waals surface area contributed by atoms with Gasteiger partial charge in [0.15, 0.2) is 0 Å². The van der Waals surface area contributed by atoms with Crippen molar-refractivity contribution in [3.8, 4) is 0 Å². The third-order valence-electron chi connectivity index (χ3n) is 2.75. The number of hydrogen-bond donors (Lipinski definition) is 0. The van der Waals surface area contributed by atoms with Gasteiger partial charge in [0.2, 0.25) is 0 Å². The van der Waals surface area contributed by atoms with E-state index in [9.17, 15) is 17.6 Å². The maximum Gasteiger partial charge on any atom is 0.419 e. The van der Waals surface area contributed by atoms with Gasteiger partial charge in [-0.15, -0.1) is 11.6 Å². The lowest BCUT2D eigenvalue weighted by molar-refractivity contribution is -0.140. The molecule has 0 heterocycles. The lowest BCUT2D eigenvalue weighted by Crippen LogP contribution is -2.09. The first-order chi connectivity index (χ1) is 9.29. The van der Waals surface area contributed by atoms with Gasteiger partial charge in [-0.3, -0.25) is 0 Å². The highest BCUT2D eigenvalue weighted by Crippen LogP contribution is 2.36. The maximum atomic E-state index is 13.2. The Labute approximate surface area is 126 Å². The minimum absolute atomic E-state index is 0.197. The summed E-state index contributed by atoms with van der Waals surface area (Å²) in [4.78, 5) is 0.